The molecule has 3 heteroatoms. The molecule has 0 unspecified atom stereocenters. The van der Waals surface area contributed by atoms with Crippen LogP contribution >= 0.6 is 0 Å². The first-order valence-electron chi connectivity index (χ1n) is 4.92. The van der Waals surface area contributed by atoms with Crippen molar-refractivity contribution < 1.29 is 14.6 Å². The molecule has 0 aromatic heterocycles. The highest BCUT2D eigenvalue weighted by atomic mass is 16.5. The fourth-order valence-corrected chi connectivity index (χ4v) is 1.08. The Morgan fingerprint density at radius 1 is 1.44 bits per heavy atom. The van der Waals surface area contributed by atoms with Crippen LogP contribution in [0, 0.1) is 11.8 Å². The van der Waals surface area contributed by atoms with Gasteiger partial charge in [-0.2, -0.15) is 0 Å². The van der Waals surface area contributed by atoms with E-state index in [4.69, 9.17) is 4.74 Å². The van der Waals surface area contributed by atoms with E-state index in [1.54, 1.807) is 38.1 Å². The number of benzene rings is 1. The molecule has 84 valence electrons. The molecule has 0 amide bonds. The summed E-state index contributed by atoms with van der Waals surface area (Å²) < 4.78 is 5.31. The van der Waals surface area contributed by atoms with Gasteiger partial charge in [-0.25, -0.2) is 0 Å². The number of rotatable bonds is 3. The maximum atomic E-state index is 10.7. The maximum absolute atomic E-state index is 10.7. The van der Waals surface area contributed by atoms with E-state index in [9.17, 15) is 9.90 Å². The molecule has 1 N–H and O–H groups in total. The molecule has 0 radical (unpaired) electrons. The molecular formula is C13H14O3. The number of hydrogen-bond acceptors (Lipinski definition) is 3. The minimum absolute atomic E-state index is 0.148. The lowest BCUT2D eigenvalue weighted by Gasteiger charge is -2.07. The van der Waals surface area contributed by atoms with Crippen LogP contribution in [0.5, 0.6) is 5.75 Å². The van der Waals surface area contributed by atoms with Gasteiger partial charge in [-0.05, 0) is 26.0 Å². The van der Waals surface area contributed by atoms with Crippen LogP contribution in [0.2, 0.25) is 0 Å². The van der Waals surface area contributed by atoms with Crippen LogP contribution in [0.1, 0.15) is 24.2 Å². The van der Waals surface area contributed by atoms with Gasteiger partial charge in [0.1, 0.15) is 18.0 Å². The van der Waals surface area contributed by atoms with Crippen molar-refractivity contribution in [3.05, 3.63) is 29.8 Å². The molecule has 0 fully saturated rings. The molecule has 1 aromatic rings. The van der Waals surface area contributed by atoms with Crippen molar-refractivity contribution in [2.45, 2.75) is 19.4 Å². The van der Waals surface area contributed by atoms with Gasteiger partial charge in [0, 0.05) is 0 Å². The van der Waals surface area contributed by atoms with Crippen molar-refractivity contribution >= 4 is 6.29 Å². The highest BCUT2D eigenvalue weighted by molar-refractivity contribution is 5.79. The average molecular weight is 218 g/mol. The first-order chi connectivity index (χ1) is 7.53. The Labute approximate surface area is 95.1 Å². The van der Waals surface area contributed by atoms with E-state index in [-0.39, 0.29) is 6.61 Å². The lowest BCUT2D eigenvalue weighted by atomic mass is 10.1. The van der Waals surface area contributed by atoms with Gasteiger partial charge in [-0.15, -0.1) is 0 Å². The molecule has 1 aromatic carbocycles. The molecule has 0 spiro atoms. The highest BCUT2D eigenvalue weighted by Gasteiger charge is 2.05. The molecule has 3 nitrogen and oxygen atoms in total. The zero-order chi connectivity index (χ0) is 12.0. The third-order valence-electron chi connectivity index (χ3n) is 1.74. The van der Waals surface area contributed by atoms with E-state index in [2.05, 4.69) is 11.8 Å². The van der Waals surface area contributed by atoms with Crippen molar-refractivity contribution in [2.24, 2.45) is 0 Å². The minimum atomic E-state index is -1.02. The Hall–Kier alpha value is -1.79. The summed E-state index contributed by atoms with van der Waals surface area (Å²) in [6.07, 6.45) is 0.735. The van der Waals surface area contributed by atoms with Gasteiger partial charge in [-0.3, -0.25) is 4.79 Å². The maximum Gasteiger partial charge on any atom is 0.153 e. The van der Waals surface area contributed by atoms with Crippen LogP contribution in [0.15, 0.2) is 24.3 Å². The molecule has 0 bridgehead atoms. The van der Waals surface area contributed by atoms with E-state index >= 15 is 0 Å². The highest BCUT2D eigenvalue weighted by Crippen LogP contribution is 2.15. The van der Waals surface area contributed by atoms with E-state index < -0.39 is 5.60 Å². The smallest absolute Gasteiger partial charge is 0.153 e. The zero-order valence-electron chi connectivity index (χ0n) is 9.36. The molecule has 16 heavy (non-hydrogen) atoms. The second-order valence-electron chi connectivity index (χ2n) is 3.81. The first kappa shape index (κ1) is 12.3. The summed E-state index contributed by atoms with van der Waals surface area (Å²) >= 11 is 0. The second kappa shape index (κ2) is 5.34. The summed E-state index contributed by atoms with van der Waals surface area (Å²) in [7, 11) is 0. The number of ether oxygens (including phenoxy) is 1. The Morgan fingerprint density at radius 2 is 2.12 bits per heavy atom. The Morgan fingerprint density at radius 3 is 2.75 bits per heavy atom. The zero-order valence-corrected chi connectivity index (χ0v) is 9.36. The summed E-state index contributed by atoms with van der Waals surface area (Å²) in [5.41, 5.74) is -0.527. The number of carbonyl (C=O) groups is 1. The molecule has 0 atom stereocenters. The van der Waals surface area contributed by atoms with Crippen molar-refractivity contribution in [1.82, 2.24) is 0 Å². The van der Waals surface area contributed by atoms with Crippen LogP contribution < -0.4 is 4.74 Å². The summed E-state index contributed by atoms with van der Waals surface area (Å²) in [6, 6.07) is 6.92. The fraction of sp³-hybridized carbons (Fsp3) is 0.308. The third kappa shape index (κ3) is 4.16. The van der Waals surface area contributed by atoms with Crippen LogP contribution in [0.4, 0.5) is 0 Å². The number of aldehydes is 1. The van der Waals surface area contributed by atoms with Crippen LogP contribution in [-0.2, 0) is 0 Å². The molecule has 0 saturated carbocycles. The summed E-state index contributed by atoms with van der Waals surface area (Å²) in [6.45, 7) is 3.34. The topological polar surface area (TPSA) is 46.5 Å². The van der Waals surface area contributed by atoms with Crippen LogP contribution in [-0.4, -0.2) is 23.6 Å². The van der Waals surface area contributed by atoms with Crippen molar-refractivity contribution in [1.29, 1.82) is 0 Å². The monoisotopic (exact) mass is 218 g/mol. The van der Waals surface area contributed by atoms with Crippen molar-refractivity contribution in [2.75, 3.05) is 6.61 Å². The van der Waals surface area contributed by atoms with Gasteiger partial charge in [-0.1, -0.05) is 24.0 Å². The van der Waals surface area contributed by atoms with Gasteiger partial charge >= 0.3 is 0 Å². The summed E-state index contributed by atoms with van der Waals surface area (Å²) in [5, 5.41) is 9.33. The first-order valence-corrected chi connectivity index (χ1v) is 4.92. The molecular weight excluding hydrogens is 204 g/mol. The van der Waals surface area contributed by atoms with Crippen molar-refractivity contribution in [3.63, 3.8) is 0 Å². The molecule has 0 aliphatic carbocycles. The van der Waals surface area contributed by atoms with Crippen LogP contribution in [0.25, 0.3) is 0 Å². The van der Waals surface area contributed by atoms with Crippen molar-refractivity contribution in [3.8, 4) is 17.6 Å². The molecule has 0 aliphatic heterocycles. The largest absolute Gasteiger partial charge is 0.480 e. The van der Waals surface area contributed by atoms with E-state index in [0.717, 1.165) is 6.29 Å². The molecule has 0 heterocycles. The number of aliphatic hydroxyl groups is 1. The lowest BCUT2D eigenvalue weighted by Crippen LogP contribution is -2.15. The molecule has 0 saturated heterocycles. The molecule has 0 aliphatic rings. The minimum Gasteiger partial charge on any atom is -0.480 e. The van der Waals surface area contributed by atoms with Crippen LogP contribution in [0.3, 0.4) is 0 Å². The predicted octanol–water partition coefficient (Wildman–Crippen LogP) is 1.65. The van der Waals surface area contributed by atoms with Gasteiger partial charge in [0.05, 0.1) is 5.56 Å². The average Bonchev–Trinajstić information content (AvgIpc) is 2.23. The normalized spacial score (nSPS) is 10.2. The predicted molar refractivity (Wildman–Crippen MR) is 61.4 cm³/mol. The van der Waals surface area contributed by atoms with E-state index in [1.807, 2.05) is 0 Å². The van der Waals surface area contributed by atoms with Gasteiger partial charge in [0.2, 0.25) is 0 Å². The number of hydrogen-bond donors (Lipinski definition) is 1. The quantitative estimate of drug-likeness (QED) is 0.620. The summed E-state index contributed by atoms with van der Waals surface area (Å²) in [5.74, 6) is 5.81. The van der Waals surface area contributed by atoms with Gasteiger partial charge in [0.15, 0.2) is 6.29 Å². The Bertz CT molecular complexity index is 419. The lowest BCUT2D eigenvalue weighted by molar-refractivity contribution is 0.112. The van der Waals surface area contributed by atoms with E-state index in [0.29, 0.717) is 11.3 Å². The fourth-order valence-electron chi connectivity index (χ4n) is 1.08. The Kier molecular flexibility index (Phi) is 4.10. The van der Waals surface area contributed by atoms with Gasteiger partial charge < -0.3 is 9.84 Å². The molecule has 1 rings (SSSR count). The Balaban J connectivity index is 2.61. The third-order valence-corrected chi connectivity index (χ3v) is 1.74. The number of carbonyl (C=O) groups excluding carboxylic acids is 1. The number of para-hydroxylation sites is 1. The summed E-state index contributed by atoms with van der Waals surface area (Å²) in [4.78, 5) is 10.7. The standard InChI is InChI=1S/C13H14O3/c1-13(2,15)8-5-9-16-12-7-4-3-6-11(12)10-14/h3-4,6-7,10,15H,9H2,1-2H3. The van der Waals surface area contributed by atoms with Gasteiger partial charge in [0.25, 0.3) is 0 Å². The second-order valence-corrected chi connectivity index (χ2v) is 3.81. The van der Waals surface area contributed by atoms with E-state index in [1.165, 1.54) is 0 Å². The SMILES string of the molecule is CC(C)(O)C#CCOc1ccccc1C=O.